The van der Waals surface area contributed by atoms with Crippen molar-refractivity contribution in [2.24, 2.45) is 0 Å². The molecule has 166 valence electrons. The van der Waals surface area contributed by atoms with Gasteiger partial charge in [0.2, 0.25) is 11.8 Å². The fraction of sp³-hybridized carbons (Fsp3) is 0.348. The quantitative estimate of drug-likeness (QED) is 0.533. The first-order valence-electron chi connectivity index (χ1n) is 10.1. The minimum absolute atomic E-state index is 0.0398. The Labute approximate surface area is 187 Å². The number of hydrazine groups is 1. The summed E-state index contributed by atoms with van der Waals surface area (Å²) in [4.78, 5) is 36.1. The summed E-state index contributed by atoms with van der Waals surface area (Å²) in [6.45, 7) is 7.56. The Hall–Kier alpha value is -3.06. The number of ether oxygens (including phenoxy) is 1. The van der Waals surface area contributed by atoms with E-state index >= 15 is 0 Å². The second-order valence-corrected chi connectivity index (χ2v) is 7.89. The Kier molecular flexibility index (Phi) is 8.88. The van der Waals surface area contributed by atoms with Crippen LogP contribution in [0.2, 0.25) is 5.02 Å². The molecule has 0 aliphatic rings. The van der Waals surface area contributed by atoms with Gasteiger partial charge in [0.15, 0.2) is 6.10 Å². The standard InChI is InChI=1S/C23H28ClN3O4/c1-14(2)17-8-10-18(11-9-17)31-16(4)23(30)27-26-22(29)13-12-21(28)25-20-7-5-6-19(24)15(20)3/h5-11,14,16H,12-13H2,1-4H3,(H,25,28)(H,26,29)(H,27,30). The van der Waals surface area contributed by atoms with Gasteiger partial charge in [-0.1, -0.05) is 43.6 Å². The van der Waals surface area contributed by atoms with Crippen LogP contribution >= 0.6 is 11.6 Å². The molecule has 3 amide bonds. The van der Waals surface area contributed by atoms with Crippen molar-refractivity contribution in [1.29, 1.82) is 0 Å². The van der Waals surface area contributed by atoms with E-state index in [0.717, 1.165) is 5.56 Å². The van der Waals surface area contributed by atoms with Gasteiger partial charge in [-0.2, -0.15) is 0 Å². The lowest BCUT2D eigenvalue weighted by atomic mass is 10.0. The van der Waals surface area contributed by atoms with Crippen LogP contribution in [0.15, 0.2) is 42.5 Å². The van der Waals surface area contributed by atoms with Crippen molar-refractivity contribution in [3.8, 4) is 5.75 Å². The number of amides is 3. The minimum Gasteiger partial charge on any atom is -0.481 e. The minimum atomic E-state index is -0.806. The van der Waals surface area contributed by atoms with Gasteiger partial charge in [-0.15, -0.1) is 0 Å². The largest absolute Gasteiger partial charge is 0.481 e. The van der Waals surface area contributed by atoms with E-state index in [1.165, 1.54) is 5.56 Å². The first-order chi connectivity index (χ1) is 14.7. The van der Waals surface area contributed by atoms with Crippen LogP contribution in [0.1, 0.15) is 50.7 Å². The Morgan fingerprint density at radius 3 is 2.23 bits per heavy atom. The number of carbonyl (C=O) groups is 3. The summed E-state index contributed by atoms with van der Waals surface area (Å²) >= 11 is 6.03. The highest BCUT2D eigenvalue weighted by atomic mass is 35.5. The topological polar surface area (TPSA) is 96.5 Å². The summed E-state index contributed by atoms with van der Waals surface area (Å²) in [5, 5.41) is 3.26. The van der Waals surface area contributed by atoms with E-state index < -0.39 is 17.9 Å². The highest BCUT2D eigenvalue weighted by Gasteiger charge is 2.16. The summed E-state index contributed by atoms with van der Waals surface area (Å²) in [6, 6.07) is 12.7. The van der Waals surface area contributed by atoms with Crippen molar-refractivity contribution in [2.45, 2.75) is 52.6 Å². The molecule has 0 bridgehead atoms. The molecule has 0 saturated carbocycles. The molecule has 8 heteroatoms. The SMILES string of the molecule is Cc1c(Cl)cccc1NC(=O)CCC(=O)NNC(=O)C(C)Oc1ccc(C(C)C)cc1. The fourth-order valence-electron chi connectivity index (χ4n) is 2.67. The number of halogens is 1. The van der Waals surface area contributed by atoms with E-state index in [0.29, 0.717) is 22.4 Å². The fourth-order valence-corrected chi connectivity index (χ4v) is 2.84. The zero-order valence-electron chi connectivity index (χ0n) is 18.1. The number of carbonyl (C=O) groups excluding carboxylic acids is 3. The lowest BCUT2D eigenvalue weighted by Gasteiger charge is -2.16. The lowest BCUT2D eigenvalue weighted by molar-refractivity contribution is -0.133. The molecular weight excluding hydrogens is 418 g/mol. The molecule has 31 heavy (non-hydrogen) atoms. The second kappa shape index (κ2) is 11.4. The van der Waals surface area contributed by atoms with E-state index in [9.17, 15) is 14.4 Å². The molecule has 2 aromatic rings. The molecule has 0 spiro atoms. The van der Waals surface area contributed by atoms with Crippen molar-refractivity contribution in [2.75, 3.05) is 5.32 Å². The highest BCUT2D eigenvalue weighted by molar-refractivity contribution is 6.31. The van der Waals surface area contributed by atoms with Gasteiger partial charge < -0.3 is 10.1 Å². The third kappa shape index (κ3) is 7.61. The molecule has 0 aliphatic carbocycles. The molecule has 0 aromatic heterocycles. The van der Waals surface area contributed by atoms with Gasteiger partial charge in [0, 0.05) is 23.6 Å². The smallest absolute Gasteiger partial charge is 0.279 e. The van der Waals surface area contributed by atoms with Crippen molar-refractivity contribution in [3.63, 3.8) is 0 Å². The molecule has 7 nitrogen and oxygen atoms in total. The number of nitrogens with one attached hydrogen (secondary N) is 3. The van der Waals surface area contributed by atoms with Gasteiger partial charge in [0.1, 0.15) is 5.75 Å². The van der Waals surface area contributed by atoms with Crippen LogP contribution in [-0.2, 0) is 14.4 Å². The van der Waals surface area contributed by atoms with E-state index in [-0.39, 0.29) is 18.7 Å². The zero-order valence-corrected chi connectivity index (χ0v) is 18.9. The third-order valence-corrected chi connectivity index (χ3v) is 5.08. The summed E-state index contributed by atoms with van der Waals surface area (Å²) < 4.78 is 5.59. The predicted octanol–water partition coefficient (Wildman–Crippen LogP) is 4.11. The van der Waals surface area contributed by atoms with Gasteiger partial charge in [-0.25, -0.2) is 0 Å². The Bertz CT molecular complexity index is 929. The molecule has 0 radical (unpaired) electrons. The molecule has 0 fully saturated rings. The first kappa shape index (κ1) is 24.2. The van der Waals surface area contributed by atoms with Gasteiger partial charge >= 0.3 is 0 Å². The van der Waals surface area contributed by atoms with Crippen LogP contribution in [-0.4, -0.2) is 23.8 Å². The van der Waals surface area contributed by atoms with Crippen LogP contribution in [0.25, 0.3) is 0 Å². The van der Waals surface area contributed by atoms with E-state index in [1.54, 1.807) is 44.2 Å². The molecule has 1 unspecified atom stereocenters. The molecule has 2 rings (SSSR count). The predicted molar refractivity (Wildman–Crippen MR) is 121 cm³/mol. The van der Waals surface area contributed by atoms with Crippen LogP contribution in [0.3, 0.4) is 0 Å². The normalized spacial score (nSPS) is 11.5. The molecule has 1 atom stereocenters. The van der Waals surface area contributed by atoms with Crippen LogP contribution in [0.5, 0.6) is 5.75 Å². The summed E-state index contributed by atoms with van der Waals surface area (Å²) in [5.74, 6) is -0.346. The zero-order chi connectivity index (χ0) is 23.0. The number of hydrogen-bond acceptors (Lipinski definition) is 4. The average molecular weight is 446 g/mol. The Balaban J connectivity index is 1.72. The molecule has 2 aromatic carbocycles. The monoisotopic (exact) mass is 445 g/mol. The summed E-state index contributed by atoms with van der Waals surface area (Å²) in [7, 11) is 0. The number of anilines is 1. The van der Waals surface area contributed by atoms with Gasteiger partial charge in [-0.3, -0.25) is 25.2 Å². The Morgan fingerprint density at radius 1 is 0.935 bits per heavy atom. The molecule has 0 saturated heterocycles. The van der Waals surface area contributed by atoms with Crippen LogP contribution in [0, 0.1) is 6.92 Å². The van der Waals surface area contributed by atoms with E-state index in [2.05, 4.69) is 30.0 Å². The molecular formula is C23H28ClN3O4. The van der Waals surface area contributed by atoms with E-state index in [4.69, 9.17) is 16.3 Å². The third-order valence-electron chi connectivity index (χ3n) is 4.67. The van der Waals surface area contributed by atoms with E-state index in [1.807, 2.05) is 12.1 Å². The molecule has 3 N–H and O–H groups in total. The maximum Gasteiger partial charge on any atom is 0.279 e. The van der Waals surface area contributed by atoms with Gasteiger partial charge in [0.05, 0.1) is 0 Å². The summed E-state index contributed by atoms with van der Waals surface area (Å²) in [5.41, 5.74) is 7.12. The lowest BCUT2D eigenvalue weighted by Crippen LogP contribution is -2.47. The van der Waals surface area contributed by atoms with Gasteiger partial charge in [0.25, 0.3) is 5.91 Å². The van der Waals surface area contributed by atoms with Crippen LogP contribution in [0.4, 0.5) is 5.69 Å². The number of benzene rings is 2. The maximum absolute atomic E-state index is 12.1. The summed E-state index contributed by atoms with van der Waals surface area (Å²) in [6.07, 6.45) is -0.932. The molecule has 0 aliphatic heterocycles. The van der Waals surface area contributed by atoms with Crippen molar-refractivity contribution in [3.05, 3.63) is 58.6 Å². The van der Waals surface area contributed by atoms with Crippen molar-refractivity contribution < 1.29 is 19.1 Å². The second-order valence-electron chi connectivity index (χ2n) is 7.48. The Morgan fingerprint density at radius 2 is 1.58 bits per heavy atom. The highest BCUT2D eigenvalue weighted by Crippen LogP contribution is 2.23. The molecule has 0 heterocycles. The van der Waals surface area contributed by atoms with Crippen molar-refractivity contribution in [1.82, 2.24) is 10.9 Å². The number of rotatable bonds is 8. The maximum atomic E-state index is 12.1. The first-order valence-corrected chi connectivity index (χ1v) is 10.5. The van der Waals surface area contributed by atoms with Crippen LogP contribution < -0.4 is 20.9 Å². The van der Waals surface area contributed by atoms with Gasteiger partial charge in [-0.05, 0) is 55.2 Å². The number of hydrogen-bond donors (Lipinski definition) is 3. The average Bonchev–Trinajstić information content (AvgIpc) is 2.74. The van der Waals surface area contributed by atoms with Crippen molar-refractivity contribution >= 4 is 35.0 Å².